The molecule has 30 heavy (non-hydrogen) atoms. The molecule has 0 aliphatic carbocycles. The first kappa shape index (κ1) is 22.1. The highest BCUT2D eigenvalue weighted by molar-refractivity contribution is 7.09. The topological polar surface area (TPSA) is 61.4 Å². The molecule has 0 atom stereocenters. The van der Waals surface area contributed by atoms with Crippen LogP contribution in [0, 0.1) is 5.92 Å². The molecule has 2 amide bonds. The minimum absolute atomic E-state index is 0.0146. The molecule has 0 spiro atoms. The zero-order valence-electron chi connectivity index (χ0n) is 16.4. The number of hydrogen-bond donors (Lipinski definition) is 2. The van der Waals surface area contributed by atoms with Crippen LogP contribution in [0.5, 0.6) is 0 Å². The van der Waals surface area contributed by atoms with Gasteiger partial charge >= 0.3 is 6.18 Å². The number of carbonyl (C=O) groups excluding carboxylic acids is 2. The Labute approximate surface area is 177 Å². The van der Waals surface area contributed by atoms with Crippen LogP contribution in [0.3, 0.4) is 0 Å². The fraction of sp³-hybridized carbons (Fsp3) is 0.429. The molecule has 2 heterocycles. The lowest BCUT2D eigenvalue weighted by Gasteiger charge is -2.31. The fourth-order valence-corrected chi connectivity index (χ4v) is 4.10. The number of anilines is 1. The Bertz CT molecular complexity index is 847. The number of halogens is 3. The van der Waals surface area contributed by atoms with Crippen LogP contribution in [-0.2, 0) is 22.2 Å². The van der Waals surface area contributed by atoms with Gasteiger partial charge in [-0.25, -0.2) is 0 Å². The molecule has 1 aromatic carbocycles. The van der Waals surface area contributed by atoms with Crippen molar-refractivity contribution in [2.75, 3.05) is 31.5 Å². The smallest absolute Gasteiger partial charge is 0.376 e. The maximum atomic E-state index is 12.8. The molecule has 1 fully saturated rings. The molecule has 0 bridgehead atoms. The minimum Gasteiger partial charge on any atom is -0.376 e. The summed E-state index contributed by atoms with van der Waals surface area (Å²) in [6.07, 6.45) is -2.45. The van der Waals surface area contributed by atoms with Crippen molar-refractivity contribution in [3.8, 4) is 0 Å². The van der Waals surface area contributed by atoms with E-state index in [1.165, 1.54) is 17.0 Å². The van der Waals surface area contributed by atoms with Gasteiger partial charge in [0.1, 0.15) is 0 Å². The van der Waals surface area contributed by atoms with Crippen molar-refractivity contribution in [1.82, 2.24) is 10.2 Å². The highest BCUT2D eigenvalue weighted by Gasteiger charge is 2.30. The van der Waals surface area contributed by atoms with Gasteiger partial charge in [-0.2, -0.15) is 13.2 Å². The van der Waals surface area contributed by atoms with E-state index in [4.69, 9.17) is 0 Å². The van der Waals surface area contributed by atoms with Gasteiger partial charge in [-0.15, -0.1) is 11.3 Å². The van der Waals surface area contributed by atoms with E-state index in [1.807, 2.05) is 17.5 Å². The van der Waals surface area contributed by atoms with Crippen molar-refractivity contribution in [2.45, 2.75) is 25.4 Å². The largest absolute Gasteiger partial charge is 0.416 e. The first-order chi connectivity index (χ1) is 14.3. The number of nitrogens with zero attached hydrogens (tertiary/aromatic N) is 1. The van der Waals surface area contributed by atoms with Gasteiger partial charge in [0.15, 0.2) is 0 Å². The maximum Gasteiger partial charge on any atom is 0.416 e. The average Bonchev–Trinajstić information content (AvgIpc) is 3.25. The molecule has 0 saturated carbocycles. The van der Waals surface area contributed by atoms with E-state index < -0.39 is 11.7 Å². The molecule has 9 heteroatoms. The van der Waals surface area contributed by atoms with Crippen molar-refractivity contribution < 1.29 is 22.8 Å². The second-order valence-electron chi connectivity index (χ2n) is 7.21. The first-order valence-electron chi connectivity index (χ1n) is 9.82. The Morgan fingerprint density at radius 1 is 1.13 bits per heavy atom. The molecule has 1 aliphatic rings. The van der Waals surface area contributed by atoms with Gasteiger partial charge in [0, 0.05) is 36.1 Å². The van der Waals surface area contributed by atoms with Gasteiger partial charge < -0.3 is 15.5 Å². The maximum absolute atomic E-state index is 12.8. The average molecular weight is 440 g/mol. The number of thiophene rings is 1. The highest BCUT2D eigenvalue weighted by Crippen LogP contribution is 2.30. The third-order valence-corrected chi connectivity index (χ3v) is 6.04. The molecule has 162 valence electrons. The second-order valence-corrected chi connectivity index (χ2v) is 8.24. The SMILES string of the molecule is O=C(NCCc1cccs1)C1CCN(C(=O)CNc2cccc(C(F)(F)F)c2)CC1. The van der Waals surface area contributed by atoms with E-state index in [2.05, 4.69) is 10.6 Å². The van der Waals surface area contributed by atoms with Gasteiger partial charge in [-0.3, -0.25) is 9.59 Å². The highest BCUT2D eigenvalue weighted by atomic mass is 32.1. The molecule has 2 N–H and O–H groups in total. The molecule has 3 rings (SSSR count). The lowest BCUT2D eigenvalue weighted by Crippen LogP contribution is -2.45. The molecule has 1 aromatic heterocycles. The quantitative estimate of drug-likeness (QED) is 0.690. The van der Waals surface area contributed by atoms with E-state index in [1.54, 1.807) is 16.2 Å². The number of hydrogen-bond acceptors (Lipinski definition) is 4. The van der Waals surface area contributed by atoms with Crippen molar-refractivity contribution in [1.29, 1.82) is 0 Å². The van der Waals surface area contributed by atoms with Crippen LogP contribution < -0.4 is 10.6 Å². The Hall–Kier alpha value is -2.55. The van der Waals surface area contributed by atoms with Gasteiger partial charge in [0.05, 0.1) is 12.1 Å². The summed E-state index contributed by atoms with van der Waals surface area (Å²) in [5, 5.41) is 7.72. The number of carbonyl (C=O) groups is 2. The van der Waals surface area contributed by atoms with Crippen LogP contribution in [0.15, 0.2) is 41.8 Å². The molecular weight excluding hydrogens is 415 g/mol. The lowest BCUT2D eigenvalue weighted by molar-refractivity contribution is -0.137. The normalized spacial score (nSPS) is 15.1. The number of rotatable bonds is 7. The van der Waals surface area contributed by atoms with Gasteiger partial charge in [-0.1, -0.05) is 12.1 Å². The standard InChI is InChI=1S/C21H24F3N3O2S/c22-21(23,24)16-3-1-4-17(13-16)26-14-19(28)27-10-7-15(8-11-27)20(29)25-9-6-18-5-2-12-30-18/h1-5,12-13,15,26H,6-11,14H2,(H,25,29). The molecule has 5 nitrogen and oxygen atoms in total. The summed E-state index contributed by atoms with van der Waals surface area (Å²) in [7, 11) is 0. The van der Waals surface area contributed by atoms with Crippen molar-refractivity contribution in [2.24, 2.45) is 5.92 Å². The predicted octanol–water partition coefficient (Wildman–Crippen LogP) is 3.78. The summed E-state index contributed by atoms with van der Waals surface area (Å²) in [4.78, 5) is 27.6. The van der Waals surface area contributed by atoms with E-state index in [0.717, 1.165) is 18.6 Å². The molecule has 0 unspecified atom stereocenters. The third kappa shape index (κ3) is 6.22. The van der Waals surface area contributed by atoms with E-state index >= 15 is 0 Å². The summed E-state index contributed by atoms with van der Waals surface area (Å²) in [5.41, 5.74) is -0.510. The molecular formula is C21H24F3N3O2S. The van der Waals surface area contributed by atoms with Crippen LogP contribution in [0.4, 0.5) is 18.9 Å². The van der Waals surface area contributed by atoms with E-state index in [-0.39, 0.29) is 30.0 Å². The fourth-order valence-electron chi connectivity index (χ4n) is 3.39. The van der Waals surface area contributed by atoms with Crippen LogP contribution >= 0.6 is 11.3 Å². The zero-order chi connectivity index (χ0) is 21.6. The van der Waals surface area contributed by atoms with Gasteiger partial charge in [-0.05, 0) is 48.9 Å². The molecule has 0 radical (unpaired) electrons. The van der Waals surface area contributed by atoms with E-state index in [9.17, 15) is 22.8 Å². The predicted molar refractivity (Wildman–Crippen MR) is 110 cm³/mol. The Kier molecular flexibility index (Phi) is 7.36. The number of likely N-dealkylation sites (tertiary alicyclic amines) is 1. The monoisotopic (exact) mass is 439 g/mol. The third-order valence-electron chi connectivity index (χ3n) is 5.10. The Morgan fingerprint density at radius 3 is 2.57 bits per heavy atom. The summed E-state index contributed by atoms with van der Waals surface area (Å²) < 4.78 is 38.3. The van der Waals surface area contributed by atoms with Gasteiger partial charge in [0.2, 0.25) is 11.8 Å². The lowest BCUT2D eigenvalue weighted by atomic mass is 9.96. The summed E-state index contributed by atoms with van der Waals surface area (Å²) in [6, 6.07) is 8.79. The van der Waals surface area contributed by atoms with Crippen molar-refractivity contribution >= 4 is 28.8 Å². The summed E-state index contributed by atoms with van der Waals surface area (Å²) in [5.74, 6) is -0.293. The Balaban J connectivity index is 1.39. The van der Waals surface area contributed by atoms with Gasteiger partial charge in [0.25, 0.3) is 0 Å². The molecule has 1 aliphatic heterocycles. The number of amides is 2. The van der Waals surface area contributed by atoms with E-state index in [0.29, 0.717) is 32.5 Å². The van der Waals surface area contributed by atoms with Crippen molar-refractivity contribution in [3.63, 3.8) is 0 Å². The number of alkyl halides is 3. The zero-order valence-corrected chi connectivity index (χ0v) is 17.2. The second kappa shape index (κ2) is 9.97. The Morgan fingerprint density at radius 2 is 1.90 bits per heavy atom. The summed E-state index contributed by atoms with van der Waals surface area (Å²) >= 11 is 1.66. The minimum atomic E-state index is -4.42. The number of nitrogens with one attached hydrogen (secondary N) is 2. The van der Waals surface area contributed by atoms with Crippen molar-refractivity contribution in [3.05, 3.63) is 52.2 Å². The van der Waals surface area contributed by atoms with Crippen LogP contribution in [0.2, 0.25) is 0 Å². The first-order valence-corrected chi connectivity index (χ1v) is 10.7. The number of benzene rings is 1. The number of piperidine rings is 1. The molecule has 1 saturated heterocycles. The van der Waals surface area contributed by atoms with Crippen LogP contribution in [0.25, 0.3) is 0 Å². The van der Waals surface area contributed by atoms with Crippen LogP contribution in [-0.4, -0.2) is 42.9 Å². The summed E-state index contributed by atoms with van der Waals surface area (Å²) in [6.45, 7) is 1.44. The molecule has 2 aromatic rings. The van der Waals surface area contributed by atoms with Crippen LogP contribution in [0.1, 0.15) is 23.3 Å².